The van der Waals surface area contributed by atoms with Crippen LogP contribution in [0.2, 0.25) is 0 Å². The summed E-state index contributed by atoms with van der Waals surface area (Å²) in [4.78, 5) is 59.6. The number of carboxylic acid groups (broad SMARTS) is 1. The second kappa shape index (κ2) is 14.2. The number of fused-ring (bicyclic) bond motifs is 1. The summed E-state index contributed by atoms with van der Waals surface area (Å²) in [5.74, 6) is -3.60. The third-order valence-electron chi connectivity index (χ3n) is 5.91. The molecule has 5 N–H and O–H groups in total. The van der Waals surface area contributed by atoms with Crippen molar-refractivity contribution < 1.29 is 98.3 Å². The predicted octanol–water partition coefficient (Wildman–Crippen LogP) is -8.64. The molecule has 214 valence electrons. The average Bonchev–Trinajstić information content (AvgIpc) is 3.59. The normalized spacial score (nSPS) is 17.7. The van der Waals surface area contributed by atoms with E-state index >= 15 is 0 Å². The number of nitrogens with one attached hydrogen (secondary N) is 2. The molecule has 3 aromatic heterocycles. The van der Waals surface area contributed by atoms with Crippen LogP contribution in [0.5, 0.6) is 5.75 Å². The second-order valence-corrected chi connectivity index (χ2v) is 10.4. The summed E-state index contributed by atoms with van der Waals surface area (Å²) in [7, 11) is 1.53. The van der Waals surface area contributed by atoms with Gasteiger partial charge in [-0.3, -0.25) is 19.3 Å². The molecule has 2 aliphatic rings. The van der Waals surface area contributed by atoms with E-state index in [4.69, 9.17) is 15.1 Å². The molecule has 0 aromatic carbocycles. The van der Waals surface area contributed by atoms with Crippen LogP contribution < -0.4 is 91.1 Å². The summed E-state index contributed by atoms with van der Waals surface area (Å²) < 4.78 is 5.54. The Kier molecular flexibility index (Phi) is 11.3. The van der Waals surface area contributed by atoms with Crippen molar-refractivity contribution in [1.82, 2.24) is 30.4 Å². The standard InChI is InChI=1S/C22H20N8O9S2.2Na/c1-24-11-7-40-20-16(19(34)30(20)17(11)21(35)36)26-18(33)15(10-6-41-22(23)25-10)28-38-5-8-2-9(27-39-8)12-3-13(31)14(32)4-29(12)37;;/h2-4,6,16,20,24,32,37H,5,7H2,1H3,(H2,23,25)(H,26,33)(H,35,36);;/q;2*+1/p-2/b28-15-;;. The fraction of sp³-hybridized carbons (Fsp3) is 0.227. The Morgan fingerprint density at radius 3 is 2.72 bits per heavy atom. The molecule has 17 nitrogen and oxygen atoms in total. The fourth-order valence-corrected chi connectivity index (χ4v) is 5.87. The van der Waals surface area contributed by atoms with E-state index in [1.807, 2.05) is 0 Å². The number of nitrogen functional groups attached to an aromatic ring is 1. The molecule has 2 unspecified atom stereocenters. The van der Waals surface area contributed by atoms with Crippen molar-refractivity contribution in [3.63, 3.8) is 0 Å². The number of pyridine rings is 1. The Morgan fingerprint density at radius 1 is 1.33 bits per heavy atom. The van der Waals surface area contributed by atoms with E-state index in [0.29, 0.717) is 16.6 Å². The van der Waals surface area contributed by atoms with Gasteiger partial charge in [-0.2, -0.15) is 4.73 Å². The molecule has 1 fully saturated rings. The number of thiazole rings is 1. The Bertz CT molecular complexity index is 1690. The summed E-state index contributed by atoms with van der Waals surface area (Å²) in [6.45, 7) is -0.361. The van der Waals surface area contributed by atoms with Crippen LogP contribution in [0.25, 0.3) is 11.4 Å². The molecule has 0 aliphatic carbocycles. The number of thioether (sulfide) groups is 1. The first-order valence-electron chi connectivity index (χ1n) is 11.5. The van der Waals surface area contributed by atoms with Crippen LogP contribution in [-0.4, -0.2) is 72.7 Å². The number of amides is 2. The van der Waals surface area contributed by atoms with Gasteiger partial charge in [-0.05, 0) is 5.75 Å². The zero-order chi connectivity index (χ0) is 29.4. The summed E-state index contributed by atoms with van der Waals surface area (Å²) in [5.41, 5.74) is 4.51. The average molecular weight is 649 g/mol. The minimum Gasteiger partial charge on any atom is -0.869 e. The van der Waals surface area contributed by atoms with Crippen molar-refractivity contribution in [3.05, 3.63) is 56.8 Å². The maximum atomic E-state index is 13.2. The summed E-state index contributed by atoms with van der Waals surface area (Å²) in [6.07, 6.45) is 0.685. The van der Waals surface area contributed by atoms with Gasteiger partial charge in [-0.25, -0.2) is 4.98 Å². The quantitative estimate of drug-likeness (QED) is 0.0553. The number of oxime groups is 1. The van der Waals surface area contributed by atoms with Gasteiger partial charge >= 0.3 is 59.1 Å². The van der Waals surface area contributed by atoms with Crippen molar-refractivity contribution in [3.8, 4) is 17.1 Å². The first kappa shape index (κ1) is 34.5. The number of anilines is 1. The Labute approximate surface area is 293 Å². The maximum absolute atomic E-state index is 13.2. The molecular formula is C22H18N8Na2O9S2. The molecule has 0 radical (unpaired) electrons. The minimum absolute atomic E-state index is 0. The van der Waals surface area contributed by atoms with Gasteiger partial charge in [0.15, 0.2) is 28.6 Å². The molecule has 0 bridgehead atoms. The molecule has 5 heterocycles. The largest absolute Gasteiger partial charge is 1.00 e. The molecular weight excluding hydrogens is 630 g/mol. The number of aromatic nitrogens is 3. The second-order valence-electron chi connectivity index (χ2n) is 8.42. The van der Waals surface area contributed by atoms with E-state index in [1.54, 1.807) is 0 Å². The summed E-state index contributed by atoms with van der Waals surface area (Å²) in [6, 6.07) is 1.14. The molecule has 5 rings (SSSR count). The van der Waals surface area contributed by atoms with Crippen molar-refractivity contribution >= 4 is 51.7 Å². The monoisotopic (exact) mass is 648 g/mol. The Morgan fingerprint density at radius 2 is 2.07 bits per heavy atom. The molecule has 1 saturated heterocycles. The van der Waals surface area contributed by atoms with E-state index < -0.39 is 40.4 Å². The van der Waals surface area contributed by atoms with Crippen molar-refractivity contribution in [2.24, 2.45) is 5.16 Å². The van der Waals surface area contributed by atoms with Crippen molar-refractivity contribution in [2.75, 3.05) is 18.5 Å². The van der Waals surface area contributed by atoms with Gasteiger partial charge in [0.05, 0.1) is 11.7 Å². The maximum Gasteiger partial charge on any atom is 1.00 e. The number of β-lactam (4-membered cyclic amide) rings is 1. The number of aliphatic carboxylic acids is 1. The smallest absolute Gasteiger partial charge is 0.869 e. The number of nitrogens with zero attached hydrogens (tertiary/aromatic N) is 5. The molecule has 2 atom stereocenters. The molecule has 3 aromatic rings. The van der Waals surface area contributed by atoms with E-state index in [2.05, 4.69) is 25.9 Å². The predicted molar refractivity (Wildman–Crippen MR) is 137 cm³/mol. The number of hydrogen-bond donors (Lipinski definition) is 4. The van der Waals surface area contributed by atoms with Crippen LogP contribution in [0.4, 0.5) is 5.13 Å². The number of carboxylic acids is 1. The zero-order valence-corrected chi connectivity index (χ0v) is 28.4. The van der Waals surface area contributed by atoms with E-state index in [9.17, 15) is 34.6 Å². The number of nitrogens with two attached hydrogens (primary N) is 1. The van der Waals surface area contributed by atoms with Crippen LogP contribution in [-0.2, 0) is 25.8 Å². The van der Waals surface area contributed by atoms with E-state index in [1.165, 1.54) is 30.3 Å². The zero-order valence-electron chi connectivity index (χ0n) is 22.7. The Balaban J connectivity index is 0.00000253. The number of rotatable bonds is 9. The van der Waals surface area contributed by atoms with Crippen molar-refractivity contribution in [2.45, 2.75) is 18.0 Å². The molecule has 2 aliphatic heterocycles. The van der Waals surface area contributed by atoms with Crippen LogP contribution in [0, 0.1) is 0 Å². The van der Waals surface area contributed by atoms with Gasteiger partial charge in [0.1, 0.15) is 28.5 Å². The van der Waals surface area contributed by atoms with Crippen LogP contribution >= 0.6 is 23.1 Å². The molecule has 43 heavy (non-hydrogen) atoms. The number of carbonyl (C=O) groups is 3. The van der Waals surface area contributed by atoms with Gasteiger partial charge in [-0.15, -0.1) is 23.1 Å². The number of carbonyl (C=O) groups excluding carboxylic acids is 3. The SMILES string of the molecule is CNC1=C(C(=O)[O-])N2C(=O)C(NC(=O)/C(=N\OCc3cc(-c4cc(=O)c([O-])cn4O)no3)c3csc(N)n3)C2SC1.[Na+].[Na+]. The Hall–Kier alpha value is -3.04. The molecule has 0 spiro atoms. The summed E-state index contributed by atoms with van der Waals surface area (Å²) in [5, 5.41) is 46.6. The first-order valence-corrected chi connectivity index (χ1v) is 13.4. The van der Waals surface area contributed by atoms with Gasteiger partial charge < -0.3 is 45.9 Å². The third kappa shape index (κ3) is 6.88. The van der Waals surface area contributed by atoms with Crippen LogP contribution in [0.1, 0.15) is 11.5 Å². The van der Waals surface area contributed by atoms with Gasteiger partial charge in [0.25, 0.3) is 11.8 Å². The van der Waals surface area contributed by atoms with Gasteiger partial charge in [-0.1, -0.05) is 10.3 Å². The summed E-state index contributed by atoms with van der Waals surface area (Å²) >= 11 is 2.28. The third-order valence-corrected chi connectivity index (χ3v) is 7.86. The minimum atomic E-state index is -1.52. The van der Waals surface area contributed by atoms with Crippen LogP contribution in [0.3, 0.4) is 0 Å². The fourth-order valence-electron chi connectivity index (χ4n) is 3.97. The molecule has 0 saturated carbocycles. The van der Waals surface area contributed by atoms with Crippen molar-refractivity contribution in [1.29, 1.82) is 0 Å². The molecule has 2 amide bonds. The molecule has 21 heteroatoms. The number of hydrogen-bond acceptors (Lipinski definition) is 16. The first-order chi connectivity index (χ1) is 19.6. The van der Waals surface area contributed by atoms with E-state index in [0.717, 1.165) is 22.3 Å². The van der Waals surface area contributed by atoms with E-state index in [-0.39, 0.29) is 111 Å². The van der Waals surface area contributed by atoms with Gasteiger partial charge in [0, 0.05) is 42.2 Å². The van der Waals surface area contributed by atoms with Gasteiger partial charge in [0.2, 0.25) is 0 Å². The van der Waals surface area contributed by atoms with Crippen LogP contribution in [0.15, 0.2) is 49.6 Å². The topological polar surface area (TPSA) is 253 Å².